The minimum atomic E-state index is -0.196. The van der Waals surface area contributed by atoms with Gasteiger partial charge in [0, 0.05) is 5.56 Å². The predicted molar refractivity (Wildman–Crippen MR) is 112 cm³/mol. The molecule has 132 valence electrons. The maximum Gasteiger partial charge on any atom is 0.131 e. The van der Waals surface area contributed by atoms with E-state index in [9.17, 15) is 4.39 Å². The number of rotatable bonds is 4. The molecule has 0 N–H and O–H groups in total. The molecular weight excluding hydrogens is 331 g/mol. The van der Waals surface area contributed by atoms with E-state index in [1.807, 2.05) is 42.5 Å². The lowest BCUT2D eigenvalue weighted by atomic mass is 9.97. The maximum atomic E-state index is 14.6. The van der Waals surface area contributed by atoms with Crippen LogP contribution in [0, 0.1) is 5.82 Å². The van der Waals surface area contributed by atoms with Crippen LogP contribution < -0.4 is 0 Å². The van der Waals surface area contributed by atoms with Crippen molar-refractivity contribution in [1.29, 1.82) is 0 Å². The molecule has 0 unspecified atom stereocenters. The standard InChI is InChI=1S/C26H21F/c1-2-19-7-6-10-23(17-19)20-11-13-21(14-12-20)24-15-16-25(26(27)18-24)22-8-4-3-5-9-22/h3-18H,2H2,1H3. The third-order valence-corrected chi connectivity index (χ3v) is 4.94. The van der Waals surface area contributed by atoms with E-state index in [-0.39, 0.29) is 5.82 Å². The summed E-state index contributed by atoms with van der Waals surface area (Å²) >= 11 is 0. The zero-order chi connectivity index (χ0) is 18.6. The fraction of sp³-hybridized carbons (Fsp3) is 0.0769. The van der Waals surface area contributed by atoms with Gasteiger partial charge in [-0.1, -0.05) is 97.9 Å². The highest BCUT2D eigenvalue weighted by Crippen LogP contribution is 2.29. The number of halogens is 1. The van der Waals surface area contributed by atoms with Crippen LogP contribution in [0.1, 0.15) is 12.5 Å². The van der Waals surface area contributed by atoms with Gasteiger partial charge < -0.3 is 0 Å². The summed E-state index contributed by atoms with van der Waals surface area (Å²) in [6.07, 6.45) is 1.03. The molecule has 0 fully saturated rings. The third kappa shape index (κ3) is 3.68. The SMILES string of the molecule is CCc1cccc(-c2ccc(-c3ccc(-c4ccccc4)c(F)c3)cc2)c1. The highest BCUT2D eigenvalue weighted by Gasteiger charge is 2.07. The Morgan fingerprint density at radius 1 is 0.556 bits per heavy atom. The predicted octanol–water partition coefficient (Wildman–Crippen LogP) is 7.39. The highest BCUT2D eigenvalue weighted by molar-refractivity contribution is 5.73. The van der Waals surface area contributed by atoms with Gasteiger partial charge in [0.15, 0.2) is 0 Å². The van der Waals surface area contributed by atoms with Crippen LogP contribution in [0.5, 0.6) is 0 Å². The molecule has 4 aromatic rings. The largest absolute Gasteiger partial charge is 0.206 e. The van der Waals surface area contributed by atoms with E-state index in [1.165, 1.54) is 16.7 Å². The van der Waals surface area contributed by atoms with Gasteiger partial charge in [0.25, 0.3) is 0 Å². The van der Waals surface area contributed by atoms with Crippen LogP contribution in [-0.2, 0) is 6.42 Å². The zero-order valence-corrected chi connectivity index (χ0v) is 15.3. The van der Waals surface area contributed by atoms with Gasteiger partial charge in [-0.15, -0.1) is 0 Å². The summed E-state index contributed by atoms with van der Waals surface area (Å²) in [5.74, 6) is -0.196. The van der Waals surface area contributed by atoms with Crippen LogP contribution in [-0.4, -0.2) is 0 Å². The van der Waals surface area contributed by atoms with Crippen molar-refractivity contribution in [1.82, 2.24) is 0 Å². The van der Waals surface area contributed by atoms with Crippen LogP contribution in [0.2, 0.25) is 0 Å². The molecule has 0 nitrogen and oxygen atoms in total. The van der Waals surface area contributed by atoms with Gasteiger partial charge in [0.2, 0.25) is 0 Å². The molecule has 0 saturated carbocycles. The van der Waals surface area contributed by atoms with Crippen molar-refractivity contribution < 1.29 is 4.39 Å². The lowest BCUT2D eigenvalue weighted by Crippen LogP contribution is -1.87. The van der Waals surface area contributed by atoms with Crippen molar-refractivity contribution in [2.75, 3.05) is 0 Å². The fourth-order valence-corrected chi connectivity index (χ4v) is 3.37. The van der Waals surface area contributed by atoms with Crippen LogP contribution in [0.15, 0.2) is 97.1 Å². The summed E-state index contributed by atoms with van der Waals surface area (Å²) < 4.78 is 14.6. The van der Waals surface area contributed by atoms with Crippen LogP contribution in [0.4, 0.5) is 4.39 Å². The van der Waals surface area contributed by atoms with Crippen LogP contribution >= 0.6 is 0 Å². The number of aryl methyl sites for hydroxylation is 1. The molecule has 0 amide bonds. The van der Waals surface area contributed by atoms with E-state index in [4.69, 9.17) is 0 Å². The van der Waals surface area contributed by atoms with Crippen molar-refractivity contribution in [2.24, 2.45) is 0 Å². The summed E-state index contributed by atoms with van der Waals surface area (Å²) in [6, 6.07) is 32.0. The lowest BCUT2D eigenvalue weighted by Gasteiger charge is -2.09. The Kier molecular flexibility index (Phi) is 4.84. The van der Waals surface area contributed by atoms with Crippen LogP contribution in [0.25, 0.3) is 33.4 Å². The number of benzene rings is 4. The van der Waals surface area contributed by atoms with Crippen molar-refractivity contribution in [3.8, 4) is 33.4 Å². The van der Waals surface area contributed by atoms with E-state index in [1.54, 1.807) is 6.07 Å². The van der Waals surface area contributed by atoms with Gasteiger partial charge in [0.1, 0.15) is 5.82 Å². The Hall–Kier alpha value is -3.19. The van der Waals surface area contributed by atoms with Crippen molar-refractivity contribution in [2.45, 2.75) is 13.3 Å². The average molecular weight is 352 g/mol. The average Bonchev–Trinajstić information content (AvgIpc) is 2.74. The lowest BCUT2D eigenvalue weighted by molar-refractivity contribution is 0.632. The molecule has 0 atom stereocenters. The number of hydrogen-bond donors (Lipinski definition) is 0. The summed E-state index contributed by atoms with van der Waals surface area (Å²) in [6.45, 7) is 2.16. The first-order chi connectivity index (χ1) is 13.2. The molecule has 0 aromatic heterocycles. The first-order valence-electron chi connectivity index (χ1n) is 9.29. The van der Waals surface area contributed by atoms with Crippen LogP contribution in [0.3, 0.4) is 0 Å². The fourth-order valence-electron chi connectivity index (χ4n) is 3.37. The maximum absolute atomic E-state index is 14.6. The van der Waals surface area contributed by atoms with Crippen molar-refractivity contribution in [3.63, 3.8) is 0 Å². The van der Waals surface area contributed by atoms with Gasteiger partial charge in [-0.2, -0.15) is 0 Å². The second-order valence-electron chi connectivity index (χ2n) is 6.69. The minimum absolute atomic E-state index is 0.196. The minimum Gasteiger partial charge on any atom is -0.206 e. The molecule has 0 bridgehead atoms. The summed E-state index contributed by atoms with van der Waals surface area (Å²) in [7, 11) is 0. The molecule has 0 aliphatic rings. The van der Waals surface area contributed by atoms with E-state index < -0.39 is 0 Å². The van der Waals surface area contributed by atoms with E-state index in [0.717, 1.165) is 23.1 Å². The Bertz CT molecular complexity index is 1050. The monoisotopic (exact) mass is 352 g/mol. The molecule has 0 aliphatic heterocycles. The first-order valence-corrected chi connectivity index (χ1v) is 9.29. The van der Waals surface area contributed by atoms with Crippen molar-refractivity contribution in [3.05, 3.63) is 108 Å². The topological polar surface area (TPSA) is 0 Å². The Morgan fingerprint density at radius 3 is 1.78 bits per heavy atom. The molecule has 1 heteroatoms. The van der Waals surface area contributed by atoms with Crippen molar-refractivity contribution >= 4 is 0 Å². The van der Waals surface area contributed by atoms with Gasteiger partial charge in [-0.05, 0) is 45.9 Å². The quantitative estimate of drug-likeness (QED) is 0.359. The van der Waals surface area contributed by atoms with Gasteiger partial charge >= 0.3 is 0 Å². The number of hydrogen-bond acceptors (Lipinski definition) is 0. The molecule has 0 spiro atoms. The smallest absolute Gasteiger partial charge is 0.131 e. The normalized spacial score (nSPS) is 10.7. The van der Waals surface area contributed by atoms with E-state index in [0.29, 0.717) is 5.56 Å². The Balaban J connectivity index is 1.63. The Morgan fingerprint density at radius 2 is 1.15 bits per heavy atom. The first kappa shape index (κ1) is 17.2. The molecule has 27 heavy (non-hydrogen) atoms. The molecule has 4 rings (SSSR count). The molecular formula is C26H21F. The highest BCUT2D eigenvalue weighted by atomic mass is 19.1. The second kappa shape index (κ2) is 7.59. The molecule has 0 saturated heterocycles. The summed E-state index contributed by atoms with van der Waals surface area (Å²) in [5, 5.41) is 0. The summed E-state index contributed by atoms with van der Waals surface area (Å²) in [5.41, 5.74) is 7.15. The van der Waals surface area contributed by atoms with E-state index in [2.05, 4.69) is 55.5 Å². The van der Waals surface area contributed by atoms with Gasteiger partial charge in [-0.3, -0.25) is 0 Å². The Labute approximate surface area is 159 Å². The molecule has 0 aliphatic carbocycles. The second-order valence-corrected chi connectivity index (χ2v) is 6.69. The molecule has 0 heterocycles. The van der Waals surface area contributed by atoms with Gasteiger partial charge in [0.05, 0.1) is 0 Å². The zero-order valence-electron chi connectivity index (χ0n) is 15.3. The van der Waals surface area contributed by atoms with E-state index >= 15 is 0 Å². The molecule has 0 radical (unpaired) electrons. The molecule has 4 aromatic carbocycles. The summed E-state index contributed by atoms with van der Waals surface area (Å²) in [4.78, 5) is 0. The van der Waals surface area contributed by atoms with Gasteiger partial charge in [-0.25, -0.2) is 4.39 Å². The third-order valence-electron chi connectivity index (χ3n) is 4.94.